The van der Waals surface area contributed by atoms with Crippen LogP contribution in [0.25, 0.3) is 0 Å². The number of carbonyl (C=O) groups excluding carboxylic acids is 1. The van der Waals surface area contributed by atoms with Gasteiger partial charge in [0.05, 0.1) is 12.1 Å². The second-order valence-electron chi connectivity index (χ2n) is 4.11. The van der Waals surface area contributed by atoms with Gasteiger partial charge in [0.1, 0.15) is 0 Å². The van der Waals surface area contributed by atoms with Crippen LogP contribution in [0.15, 0.2) is 0 Å². The van der Waals surface area contributed by atoms with Gasteiger partial charge in [-0.2, -0.15) is 0 Å². The topological polar surface area (TPSA) is 40.5 Å². The van der Waals surface area contributed by atoms with E-state index in [4.69, 9.17) is 0 Å². The van der Waals surface area contributed by atoms with Gasteiger partial charge in [-0.05, 0) is 25.7 Å². The van der Waals surface area contributed by atoms with E-state index in [-0.39, 0.29) is 18.1 Å². The largest absolute Gasteiger partial charge is 0.391 e. The summed E-state index contributed by atoms with van der Waals surface area (Å²) in [6, 6.07) is 0.527. The molecule has 0 bridgehead atoms. The summed E-state index contributed by atoms with van der Waals surface area (Å²) in [6.45, 7) is 2.11. The van der Waals surface area contributed by atoms with Crippen molar-refractivity contribution in [2.75, 3.05) is 0 Å². The van der Waals surface area contributed by atoms with Crippen LogP contribution in [0.5, 0.6) is 0 Å². The maximum Gasteiger partial charge on any atom is 0.223 e. The first-order valence-electron chi connectivity index (χ1n) is 5.23. The monoisotopic (exact) mass is 183 g/mol. The van der Waals surface area contributed by atoms with Crippen molar-refractivity contribution >= 4 is 5.91 Å². The van der Waals surface area contributed by atoms with E-state index < -0.39 is 0 Å². The van der Waals surface area contributed by atoms with E-state index in [1.54, 1.807) is 0 Å². The van der Waals surface area contributed by atoms with E-state index in [9.17, 15) is 9.90 Å². The third-order valence-electron chi connectivity index (χ3n) is 3.40. The molecule has 0 aromatic heterocycles. The number of fused-ring (bicyclic) bond motifs is 1. The van der Waals surface area contributed by atoms with Crippen LogP contribution < -0.4 is 0 Å². The molecule has 1 amide bonds. The fourth-order valence-corrected chi connectivity index (χ4v) is 2.67. The Hall–Kier alpha value is -0.570. The van der Waals surface area contributed by atoms with Crippen molar-refractivity contribution in [1.29, 1.82) is 0 Å². The van der Waals surface area contributed by atoms with Crippen molar-refractivity contribution in [2.24, 2.45) is 0 Å². The standard InChI is InChI=1S/C10H17NO2/c1-2-7-3-4-8-9(12)5-6-10(13)11(7)8/h7-9,12H,2-6H2,1H3/t7-,8+,9+/m1/s1. The first-order valence-corrected chi connectivity index (χ1v) is 5.23. The van der Waals surface area contributed by atoms with Crippen molar-refractivity contribution in [3.63, 3.8) is 0 Å². The highest BCUT2D eigenvalue weighted by Crippen LogP contribution is 2.33. The van der Waals surface area contributed by atoms with Gasteiger partial charge in [-0.25, -0.2) is 0 Å². The Balaban J connectivity index is 2.16. The second kappa shape index (κ2) is 3.29. The molecular formula is C10H17NO2. The highest BCUT2D eigenvalue weighted by molar-refractivity contribution is 5.78. The fourth-order valence-electron chi connectivity index (χ4n) is 2.67. The molecule has 0 unspecified atom stereocenters. The van der Waals surface area contributed by atoms with Crippen LogP contribution >= 0.6 is 0 Å². The zero-order chi connectivity index (χ0) is 9.42. The lowest BCUT2D eigenvalue weighted by Gasteiger charge is -2.36. The number of nitrogens with zero attached hydrogens (tertiary/aromatic N) is 1. The molecule has 0 saturated carbocycles. The Morgan fingerprint density at radius 1 is 1.46 bits per heavy atom. The lowest BCUT2D eigenvalue weighted by molar-refractivity contribution is -0.141. The fraction of sp³-hybridized carbons (Fsp3) is 0.900. The summed E-state index contributed by atoms with van der Waals surface area (Å²) in [4.78, 5) is 13.5. The van der Waals surface area contributed by atoms with Crippen molar-refractivity contribution in [2.45, 2.75) is 57.2 Å². The SMILES string of the molecule is CC[C@@H]1CC[C@H]2[C@@H](O)CCC(=O)N12. The molecule has 2 aliphatic rings. The summed E-state index contributed by atoms with van der Waals surface area (Å²) in [5, 5.41) is 9.72. The van der Waals surface area contributed by atoms with Crippen LogP contribution in [-0.4, -0.2) is 34.1 Å². The first kappa shape index (κ1) is 9.00. The Labute approximate surface area is 78.7 Å². The first-order chi connectivity index (χ1) is 6.24. The molecule has 0 aliphatic carbocycles. The molecule has 13 heavy (non-hydrogen) atoms. The minimum atomic E-state index is -0.269. The second-order valence-corrected chi connectivity index (χ2v) is 4.11. The summed E-state index contributed by atoms with van der Waals surface area (Å²) in [5.41, 5.74) is 0. The molecule has 2 saturated heterocycles. The lowest BCUT2D eigenvalue weighted by Crippen LogP contribution is -2.50. The summed E-state index contributed by atoms with van der Waals surface area (Å²) in [5.74, 6) is 0.250. The predicted octanol–water partition coefficient (Wildman–Crippen LogP) is 0.911. The van der Waals surface area contributed by atoms with E-state index in [1.165, 1.54) is 0 Å². The maximum atomic E-state index is 11.6. The summed E-state index contributed by atoms with van der Waals surface area (Å²) in [7, 11) is 0. The number of hydrogen-bond donors (Lipinski definition) is 1. The van der Waals surface area contributed by atoms with Gasteiger partial charge in [0.15, 0.2) is 0 Å². The Morgan fingerprint density at radius 2 is 2.23 bits per heavy atom. The van der Waals surface area contributed by atoms with Crippen LogP contribution in [0.4, 0.5) is 0 Å². The zero-order valence-electron chi connectivity index (χ0n) is 8.07. The van der Waals surface area contributed by atoms with Gasteiger partial charge < -0.3 is 10.0 Å². The molecule has 2 aliphatic heterocycles. The van der Waals surface area contributed by atoms with Crippen LogP contribution in [0.1, 0.15) is 39.0 Å². The van der Waals surface area contributed by atoms with Crippen LogP contribution in [-0.2, 0) is 4.79 Å². The molecule has 2 rings (SSSR count). The maximum absolute atomic E-state index is 11.6. The van der Waals surface area contributed by atoms with Crippen LogP contribution in [0, 0.1) is 0 Å². The number of carbonyl (C=O) groups is 1. The quantitative estimate of drug-likeness (QED) is 0.656. The zero-order valence-corrected chi connectivity index (χ0v) is 8.07. The van der Waals surface area contributed by atoms with Crippen molar-refractivity contribution in [3.8, 4) is 0 Å². The van der Waals surface area contributed by atoms with Gasteiger partial charge in [-0.15, -0.1) is 0 Å². The van der Waals surface area contributed by atoms with E-state index in [0.29, 0.717) is 18.9 Å². The molecule has 0 aromatic rings. The Morgan fingerprint density at radius 3 is 2.92 bits per heavy atom. The Kier molecular flexibility index (Phi) is 2.28. The van der Waals surface area contributed by atoms with E-state index in [1.807, 2.05) is 4.90 Å². The van der Waals surface area contributed by atoms with Crippen LogP contribution in [0.2, 0.25) is 0 Å². The third kappa shape index (κ3) is 1.35. The molecule has 74 valence electrons. The van der Waals surface area contributed by atoms with Gasteiger partial charge in [0.25, 0.3) is 0 Å². The van der Waals surface area contributed by atoms with Gasteiger partial charge in [0, 0.05) is 12.5 Å². The smallest absolute Gasteiger partial charge is 0.223 e. The molecule has 3 atom stereocenters. The number of piperidine rings is 1. The molecule has 0 radical (unpaired) electrons. The van der Waals surface area contributed by atoms with Crippen molar-refractivity contribution < 1.29 is 9.90 Å². The summed E-state index contributed by atoms with van der Waals surface area (Å²) < 4.78 is 0. The van der Waals surface area contributed by atoms with Crippen LogP contribution in [0.3, 0.4) is 0 Å². The average molecular weight is 183 g/mol. The van der Waals surface area contributed by atoms with E-state index in [2.05, 4.69) is 6.92 Å². The summed E-state index contributed by atoms with van der Waals surface area (Å²) in [6.07, 6.45) is 4.02. The van der Waals surface area contributed by atoms with Crippen molar-refractivity contribution in [3.05, 3.63) is 0 Å². The molecule has 0 aromatic carbocycles. The number of hydrogen-bond acceptors (Lipinski definition) is 2. The minimum absolute atomic E-state index is 0.131. The summed E-state index contributed by atoms with van der Waals surface area (Å²) >= 11 is 0. The van der Waals surface area contributed by atoms with Gasteiger partial charge in [0.2, 0.25) is 5.91 Å². The molecule has 1 N–H and O–H groups in total. The molecule has 3 heteroatoms. The molecule has 2 fully saturated rings. The highest BCUT2D eigenvalue weighted by atomic mass is 16.3. The molecular weight excluding hydrogens is 166 g/mol. The number of aliphatic hydroxyl groups is 1. The number of aliphatic hydroxyl groups excluding tert-OH is 1. The molecule has 2 heterocycles. The minimum Gasteiger partial charge on any atom is -0.391 e. The predicted molar refractivity (Wildman–Crippen MR) is 49.2 cm³/mol. The highest BCUT2D eigenvalue weighted by Gasteiger charge is 2.42. The Bertz CT molecular complexity index is 217. The molecule has 0 spiro atoms. The normalized spacial score (nSPS) is 39.4. The van der Waals surface area contributed by atoms with Gasteiger partial charge in [-0.3, -0.25) is 4.79 Å². The third-order valence-corrected chi connectivity index (χ3v) is 3.40. The molecule has 3 nitrogen and oxygen atoms in total. The van der Waals surface area contributed by atoms with E-state index >= 15 is 0 Å². The van der Waals surface area contributed by atoms with Crippen molar-refractivity contribution in [1.82, 2.24) is 4.90 Å². The number of rotatable bonds is 1. The van der Waals surface area contributed by atoms with Gasteiger partial charge >= 0.3 is 0 Å². The number of amides is 1. The lowest BCUT2D eigenvalue weighted by atomic mass is 9.99. The van der Waals surface area contributed by atoms with Gasteiger partial charge in [-0.1, -0.05) is 6.92 Å². The average Bonchev–Trinajstić information content (AvgIpc) is 2.56. The van der Waals surface area contributed by atoms with E-state index in [0.717, 1.165) is 19.3 Å².